The Morgan fingerprint density at radius 3 is 2.62 bits per heavy atom. The second kappa shape index (κ2) is 6.83. The number of carboxylic acid groups (broad SMARTS) is 1. The molecule has 0 aliphatic heterocycles. The molecule has 0 unspecified atom stereocenters. The predicted molar refractivity (Wildman–Crippen MR) is 93.0 cm³/mol. The summed E-state index contributed by atoms with van der Waals surface area (Å²) in [7, 11) is 1.63. The molecule has 5 nitrogen and oxygen atoms in total. The maximum absolute atomic E-state index is 11.0. The van der Waals surface area contributed by atoms with Crippen molar-refractivity contribution >= 4 is 17.9 Å². The van der Waals surface area contributed by atoms with Crippen LogP contribution in [0.2, 0.25) is 0 Å². The minimum absolute atomic E-state index is 0.218. The molecule has 0 spiro atoms. The van der Waals surface area contributed by atoms with Gasteiger partial charge in [-0.25, -0.2) is 4.79 Å². The molecule has 1 heterocycles. The molecule has 0 saturated heterocycles. The lowest BCUT2D eigenvalue weighted by molar-refractivity contribution is 0.0697. The molecule has 0 aliphatic carbocycles. The summed E-state index contributed by atoms with van der Waals surface area (Å²) >= 11 is 0. The van der Waals surface area contributed by atoms with Crippen LogP contribution in [-0.2, 0) is 0 Å². The van der Waals surface area contributed by atoms with E-state index in [1.54, 1.807) is 37.6 Å². The van der Waals surface area contributed by atoms with Gasteiger partial charge in [-0.3, -0.25) is 4.99 Å². The number of ether oxygens (including phenoxy) is 1. The fourth-order valence-corrected chi connectivity index (χ4v) is 2.34. The Kier molecular flexibility index (Phi) is 4.43. The molecule has 120 valence electrons. The number of aliphatic imine (C=N–C) groups is 1. The molecule has 2 aromatic carbocycles. The van der Waals surface area contributed by atoms with Gasteiger partial charge < -0.3 is 14.4 Å². The zero-order chi connectivity index (χ0) is 16.9. The molecule has 0 radical (unpaired) electrons. The number of carboxylic acids is 1. The second-order valence-electron chi connectivity index (χ2n) is 5.11. The third-order valence-corrected chi connectivity index (χ3v) is 3.57. The Balaban J connectivity index is 1.87. The summed E-state index contributed by atoms with van der Waals surface area (Å²) in [5.74, 6) is -0.166. The van der Waals surface area contributed by atoms with Gasteiger partial charge in [0.05, 0.1) is 30.3 Å². The van der Waals surface area contributed by atoms with Crippen LogP contribution in [0.25, 0.3) is 5.69 Å². The van der Waals surface area contributed by atoms with Crippen molar-refractivity contribution in [2.45, 2.75) is 0 Å². The summed E-state index contributed by atoms with van der Waals surface area (Å²) in [4.78, 5) is 15.4. The molecule has 1 aromatic heterocycles. The zero-order valence-electron chi connectivity index (χ0n) is 13.1. The molecule has 0 amide bonds. The van der Waals surface area contributed by atoms with Crippen LogP contribution in [0.3, 0.4) is 0 Å². The van der Waals surface area contributed by atoms with Crippen molar-refractivity contribution in [2.75, 3.05) is 7.11 Å². The minimum Gasteiger partial charge on any atom is -0.497 e. The number of hydrogen-bond acceptors (Lipinski definition) is 3. The van der Waals surface area contributed by atoms with E-state index in [0.717, 1.165) is 17.1 Å². The zero-order valence-corrected chi connectivity index (χ0v) is 13.1. The van der Waals surface area contributed by atoms with Crippen molar-refractivity contribution in [2.24, 2.45) is 4.99 Å². The summed E-state index contributed by atoms with van der Waals surface area (Å²) in [5.41, 5.74) is 2.69. The van der Waals surface area contributed by atoms with Crippen molar-refractivity contribution in [3.8, 4) is 11.4 Å². The monoisotopic (exact) mass is 320 g/mol. The Bertz CT molecular complexity index is 880. The van der Waals surface area contributed by atoms with Crippen molar-refractivity contribution < 1.29 is 14.6 Å². The number of hydrogen-bond donors (Lipinski definition) is 1. The Morgan fingerprint density at radius 2 is 1.92 bits per heavy atom. The van der Waals surface area contributed by atoms with Crippen LogP contribution < -0.4 is 4.74 Å². The molecule has 5 heteroatoms. The summed E-state index contributed by atoms with van der Waals surface area (Å²) in [5, 5.41) is 9.03. The van der Waals surface area contributed by atoms with Gasteiger partial charge in [0.1, 0.15) is 5.75 Å². The van der Waals surface area contributed by atoms with Crippen LogP contribution in [0.15, 0.2) is 71.9 Å². The van der Waals surface area contributed by atoms with E-state index in [1.807, 2.05) is 47.2 Å². The molecule has 24 heavy (non-hydrogen) atoms. The average molecular weight is 320 g/mol. The average Bonchev–Trinajstić information content (AvgIpc) is 3.09. The van der Waals surface area contributed by atoms with Crippen molar-refractivity contribution in [1.82, 2.24) is 4.57 Å². The van der Waals surface area contributed by atoms with Gasteiger partial charge in [0.2, 0.25) is 0 Å². The van der Waals surface area contributed by atoms with Crippen LogP contribution in [0, 0.1) is 0 Å². The van der Waals surface area contributed by atoms with Crippen LogP contribution in [0.1, 0.15) is 16.1 Å². The fraction of sp³-hybridized carbons (Fsp3) is 0.0526. The molecule has 0 fully saturated rings. The van der Waals surface area contributed by atoms with E-state index in [9.17, 15) is 4.79 Å². The molecule has 0 bridgehead atoms. The normalized spacial score (nSPS) is 10.9. The lowest BCUT2D eigenvalue weighted by Gasteiger charge is -2.07. The molecule has 3 rings (SSSR count). The molecular formula is C19H16N2O3. The first-order valence-electron chi connectivity index (χ1n) is 7.36. The first kappa shape index (κ1) is 15.6. The maximum atomic E-state index is 11.0. The first-order chi connectivity index (χ1) is 11.7. The number of benzene rings is 2. The van der Waals surface area contributed by atoms with E-state index < -0.39 is 5.97 Å². The highest BCUT2D eigenvalue weighted by Gasteiger charge is 2.04. The van der Waals surface area contributed by atoms with E-state index in [0.29, 0.717) is 5.69 Å². The van der Waals surface area contributed by atoms with Crippen molar-refractivity contribution in [3.63, 3.8) is 0 Å². The molecule has 3 aromatic rings. The Morgan fingerprint density at radius 1 is 1.12 bits per heavy atom. The minimum atomic E-state index is -0.964. The highest BCUT2D eigenvalue weighted by Crippen LogP contribution is 2.18. The smallest absolute Gasteiger partial charge is 0.335 e. The first-order valence-corrected chi connectivity index (χ1v) is 7.36. The SMILES string of the molecule is COc1ccc(-n2cccc2C=Nc2cccc(C(=O)O)c2)cc1. The summed E-state index contributed by atoms with van der Waals surface area (Å²) in [6.07, 6.45) is 3.65. The lowest BCUT2D eigenvalue weighted by atomic mass is 10.2. The Labute approximate surface area is 139 Å². The fourth-order valence-electron chi connectivity index (χ4n) is 2.34. The lowest BCUT2D eigenvalue weighted by Crippen LogP contribution is -1.98. The van der Waals surface area contributed by atoms with E-state index in [1.165, 1.54) is 0 Å². The van der Waals surface area contributed by atoms with E-state index in [2.05, 4.69) is 4.99 Å². The maximum Gasteiger partial charge on any atom is 0.335 e. The van der Waals surface area contributed by atoms with Gasteiger partial charge in [-0.05, 0) is 54.6 Å². The number of methoxy groups -OCH3 is 1. The van der Waals surface area contributed by atoms with E-state index >= 15 is 0 Å². The molecule has 0 saturated carbocycles. The number of aromatic nitrogens is 1. The van der Waals surface area contributed by atoms with E-state index in [4.69, 9.17) is 9.84 Å². The van der Waals surface area contributed by atoms with Gasteiger partial charge in [-0.15, -0.1) is 0 Å². The molecular weight excluding hydrogens is 304 g/mol. The van der Waals surface area contributed by atoms with Gasteiger partial charge in [0.15, 0.2) is 0 Å². The van der Waals surface area contributed by atoms with Crippen LogP contribution >= 0.6 is 0 Å². The van der Waals surface area contributed by atoms with Crippen LogP contribution in [0.4, 0.5) is 5.69 Å². The highest BCUT2D eigenvalue weighted by molar-refractivity contribution is 5.89. The summed E-state index contributed by atoms with van der Waals surface area (Å²) in [6, 6.07) is 18.1. The Hall–Kier alpha value is -3.34. The molecule has 1 N–H and O–H groups in total. The number of aromatic carboxylic acids is 1. The molecule has 0 atom stereocenters. The van der Waals surface area contributed by atoms with Gasteiger partial charge in [0, 0.05) is 11.9 Å². The number of carbonyl (C=O) groups is 1. The van der Waals surface area contributed by atoms with Gasteiger partial charge in [0.25, 0.3) is 0 Å². The third-order valence-electron chi connectivity index (χ3n) is 3.57. The largest absolute Gasteiger partial charge is 0.497 e. The van der Waals surface area contributed by atoms with Gasteiger partial charge in [-0.1, -0.05) is 6.07 Å². The second-order valence-corrected chi connectivity index (χ2v) is 5.11. The van der Waals surface area contributed by atoms with Gasteiger partial charge >= 0.3 is 5.97 Å². The molecule has 0 aliphatic rings. The van der Waals surface area contributed by atoms with Crippen molar-refractivity contribution in [1.29, 1.82) is 0 Å². The van der Waals surface area contributed by atoms with Gasteiger partial charge in [-0.2, -0.15) is 0 Å². The van der Waals surface area contributed by atoms with Crippen molar-refractivity contribution in [3.05, 3.63) is 78.1 Å². The summed E-state index contributed by atoms with van der Waals surface area (Å²) < 4.78 is 7.16. The third kappa shape index (κ3) is 3.35. The number of rotatable bonds is 5. The number of nitrogens with zero attached hydrogens (tertiary/aromatic N) is 2. The quantitative estimate of drug-likeness (QED) is 0.724. The predicted octanol–water partition coefficient (Wildman–Crippen LogP) is 3.93. The van der Waals surface area contributed by atoms with Crippen LogP contribution in [0.5, 0.6) is 5.75 Å². The topological polar surface area (TPSA) is 63.8 Å². The van der Waals surface area contributed by atoms with Crippen LogP contribution in [-0.4, -0.2) is 29.0 Å². The standard InChI is InChI=1S/C19H16N2O3/c1-24-18-9-7-16(8-10-18)21-11-3-6-17(21)13-20-15-5-2-4-14(12-15)19(22)23/h2-13H,1H3,(H,22,23). The summed E-state index contributed by atoms with van der Waals surface area (Å²) in [6.45, 7) is 0. The van der Waals surface area contributed by atoms with E-state index in [-0.39, 0.29) is 5.56 Å². The highest BCUT2D eigenvalue weighted by atomic mass is 16.5.